The van der Waals surface area contributed by atoms with E-state index < -0.39 is 5.97 Å². The molecule has 0 aromatic carbocycles. The van der Waals surface area contributed by atoms with Crippen LogP contribution in [-0.4, -0.2) is 16.1 Å². The fraction of sp³-hybridized carbons (Fsp3) is 0.688. The van der Waals surface area contributed by atoms with Crippen LogP contribution in [0.2, 0.25) is 0 Å². The van der Waals surface area contributed by atoms with Gasteiger partial charge in [-0.15, -0.1) is 0 Å². The van der Waals surface area contributed by atoms with Crippen LogP contribution in [0.3, 0.4) is 0 Å². The second-order valence-corrected chi connectivity index (χ2v) is 7.03. The normalized spacial score (nSPS) is 39.7. The molecule has 3 nitrogen and oxygen atoms in total. The van der Waals surface area contributed by atoms with E-state index in [-0.39, 0.29) is 0 Å². The van der Waals surface area contributed by atoms with E-state index in [0.717, 1.165) is 36.0 Å². The number of rotatable bonds is 3. The molecular weight excluding hydrogens is 238 g/mol. The predicted molar refractivity (Wildman–Crippen MR) is 72.0 cm³/mol. The number of H-pyrrole nitrogens is 1. The fourth-order valence-electron chi connectivity index (χ4n) is 5.32. The smallest absolute Gasteiger partial charge is 0.352 e. The van der Waals surface area contributed by atoms with Crippen LogP contribution in [0.15, 0.2) is 12.3 Å². The standard InChI is InChI=1S/C16H21NO2/c18-16(19)15-7-11(8-17-15)6-14-12-2-9-1-10(4-12)5-13(14)3-9/h7-10,12-14,17H,1-6H2,(H,18,19). The maximum Gasteiger partial charge on any atom is 0.352 e. The Labute approximate surface area is 113 Å². The van der Waals surface area contributed by atoms with Gasteiger partial charge in [-0.3, -0.25) is 0 Å². The van der Waals surface area contributed by atoms with Crippen LogP contribution in [0.5, 0.6) is 0 Å². The summed E-state index contributed by atoms with van der Waals surface area (Å²) in [7, 11) is 0. The lowest BCUT2D eigenvalue weighted by Crippen LogP contribution is -2.45. The number of hydrogen-bond donors (Lipinski definition) is 2. The minimum Gasteiger partial charge on any atom is -0.477 e. The first-order valence-corrected chi connectivity index (χ1v) is 7.59. The molecule has 5 rings (SSSR count). The Bertz CT molecular complexity index is 477. The molecule has 0 amide bonds. The van der Waals surface area contributed by atoms with E-state index >= 15 is 0 Å². The molecule has 3 heteroatoms. The molecule has 0 spiro atoms. The molecule has 0 unspecified atom stereocenters. The van der Waals surface area contributed by atoms with Gasteiger partial charge in [-0.2, -0.15) is 0 Å². The fourth-order valence-corrected chi connectivity index (χ4v) is 5.32. The molecular formula is C16H21NO2. The Morgan fingerprint density at radius 3 is 2.32 bits per heavy atom. The number of carboxylic acids is 1. The van der Waals surface area contributed by atoms with E-state index in [1.54, 1.807) is 0 Å². The maximum absolute atomic E-state index is 10.9. The van der Waals surface area contributed by atoms with Crippen LogP contribution >= 0.6 is 0 Å². The highest BCUT2D eigenvalue weighted by Crippen LogP contribution is 2.57. The van der Waals surface area contributed by atoms with Crippen molar-refractivity contribution in [2.45, 2.75) is 38.5 Å². The van der Waals surface area contributed by atoms with E-state index in [0.29, 0.717) is 5.69 Å². The zero-order valence-corrected chi connectivity index (χ0v) is 11.1. The molecule has 4 fully saturated rings. The molecule has 0 radical (unpaired) electrons. The number of carboxylic acid groups (broad SMARTS) is 1. The van der Waals surface area contributed by atoms with E-state index in [4.69, 9.17) is 5.11 Å². The molecule has 0 aliphatic heterocycles. The number of hydrogen-bond acceptors (Lipinski definition) is 1. The van der Waals surface area contributed by atoms with Gasteiger partial charge in [0.25, 0.3) is 0 Å². The van der Waals surface area contributed by atoms with Crippen molar-refractivity contribution in [2.24, 2.45) is 29.6 Å². The maximum atomic E-state index is 10.9. The largest absolute Gasteiger partial charge is 0.477 e. The lowest BCUT2D eigenvalue weighted by atomic mass is 9.51. The monoisotopic (exact) mass is 259 g/mol. The first kappa shape index (κ1) is 11.6. The average Bonchev–Trinajstić information content (AvgIpc) is 2.81. The number of nitrogens with one attached hydrogen (secondary N) is 1. The minimum absolute atomic E-state index is 0.332. The van der Waals surface area contributed by atoms with Gasteiger partial charge in [-0.1, -0.05) is 0 Å². The van der Waals surface area contributed by atoms with Gasteiger partial charge in [0.2, 0.25) is 0 Å². The number of aromatic carboxylic acids is 1. The summed E-state index contributed by atoms with van der Waals surface area (Å²) >= 11 is 0. The highest BCUT2D eigenvalue weighted by atomic mass is 16.4. The van der Waals surface area contributed by atoms with Gasteiger partial charge in [0.05, 0.1) is 0 Å². The van der Waals surface area contributed by atoms with Crippen LogP contribution in [0.4, 0.5) is 0 Å². The summed E-state index contributed by atoms with van der Waals surface area (Å²) in [4.78, 5) is 13.8. The van der Waals surface area contributed by atoms with Crippen molar-refractivity contribution in [2.75, 3.05) is 0 Å². The van der Waals surface area contributed by atoms with Crippen molar-refractivity contribution in [3.05, 3.63) is 23.5 Å². The molecule has 1 heterocycles. The molecule has 102 valence electrons. The van der Waals surface area contributed by atoms with Crippen molar-refractivity contribution in [3.63, 3.8) is 0 Å². The Morgan fingerprint density at radius 2 is 1.79 bits per heavy atom. The quantitative estimate of drug-likeness (QED) is 0.874. The Kier molecular flexibility index (Phi) is 2.51. The van der Waals surface area contributed by atoms with Crippen LogP contribution < -0.4 is 0 Å². The van der Waals surface area contributed by atoms with Crippen LogP contribution in [-0.2, 0) is 6.42 Å². The highest BCUT2D eigenvalue weighted by molar-refractivity contribution is 5.85. The van der Waals surface area contributed by atoms with Gasteiger partial charge in [0, 0.05) is 6.20 Å². The van der Waals surface area contributed by atoms with Crippen molar-refractivity contribution < 1.29 is 9.90 Å². The number of aromatic amines is 1. The summed E-state index contributed by atoms with van der Waals surface area (Å²) in [6, 6.07) is 1.83. The average molecular weight is 259 g/mol. The minimum atomic E-state index is -0.851. The lowest BCUT2D eigenvalue weighted by molar-refractivity contribution is -0.0359. The third-order valence-corrected chi connectivity index (χ3v) is 5.87. The molecule has 2 N–H and O–H groups in total. The summed E-state index contributed by atoms with van der Waals surface area (Å²) in [5.74, 6) is 3.82. The number of aromatic nitrogens is 1. The predicted octanol–water partition coefficient (Wildman–Crippen LogP) is 3.33. The third-order valence-electron chi connectivity index (χ3n) is 5.87. The number of carbonyl (C=O) groups is 1. The van der Waals surface area contributed by atoms with Crippen LogP contribution in [0.25, 0.3) is 0 Å². The Morgan fingerprint density at radius 1 is 1.16 bits per heavy atom. The molecule has 19 heavy (non-hydrogen) atoms. The zero-order chi connectivity index (χ0) is 13.0. The second kappa shape index (κ2) is 4.12. The summed E-state index contributed by atoms with van der Waals surface area (Å²) in [5.41, 5.74) is 1.52. The van der Waals surface area contributed by atoms with E-state index in [9.17, 15) is 4.79 Å². The third kappa shape index (κ3) is 1.90. The van der Waals surface area contributed by atoms with Gasteiger partial charge in [-0.05, 0) is 79.7 Å². The molecule has 4 aliphatic rings. The van der Waals surface area contributed by atoms with Gasteiger partial charge < -0.3 is 10.1 Å². The van der Waals surface area contributed by atoms with Gasteiger partial charge >= 0.3 is 5.97 Å². The molecule has 4 saturated carbocycles. The first-order chi connectivity index (χ1) is 9.19. The van der Waals surface area contributed by atoms with Gasteiger partial charge in [0.1, 0.15) is 5.69 Å². The molecule has 0 atom stereocenters. The van der Waals surface area contributed by atoms with Crippen molar-refractivity contribution in [3.8, 4) is 0 Å². The molecule has 1 aromatic rings. The van der Waals surface area contributed by atoms with Gasteiger partial charge in [-0.25, -0.2) is 4.79 Å². The zero-order valence-electron chi connectivity index (χ0n) is 11.1. The van der Waals surface area contributed by atoms with Gasteiger partial charge in [0.15, 0.2) is 0 Å². The highest BCUT2D eigenvalue weighted by Gasteiger charge is 2.47. The molecule has 0 saturated heterocycles. The molecule has 1 aromatic heterocycles. The van der Waals surface area contributed by atoms with E-state index in [1.807, 2.05) is 12.3 Å². The van der Waals surface area contributed by atoms with Crippen molar-refractivity contribution in [1.82, 2.24) is 4.98 Å². The SMILES string of the molecule is O=C(O)c1cc(CC2C3CC4CC(C3)CC2C4)c[nH]1. The Balaban J connectivity index is 1.51. The Hall–Kier alpha value is -1.25. The topological polar surface area (TPSA) is 53.1 Å². The lowest BCUT2D eigenvalue weighted by Gasteiger charge is -2.54. The van der Waals surface area contributed by atoms with Crippen molar-refractivity contribution in [1.29, 1.82) is 0 Å². The van der Waals surface area contributed by atoms with Crippen LogP contribution in [0.1, 0.15) is 48.2 Å². The van der Waals surface area contributed by atoms with Crippen molar-refractivity contribution >= 4 is 5.97 Å². The summed E-state index contributed by atoms with van der Waals surface area (Å²) < 4.78 is 0. The second-order valence-electron chi connectivity index (χ2n) is 7.03. The van der Waals surface area contributed by atoms with E-state index in [1.165, 1.54) is 37.7 Å². The molecule has 4 bridgehead atoms. The summed E-state index contributed by atoms with van der Waals surface area (Å²) in [6.45, 7) is 0. The molecule has 4 aliphatic carbocycles. The van der Waals surface area contributed by atoms with E-state index in [2.05, 4.69) is 4.98 Å². The van der Waals surface area contributed by atoms with Crippen LogP contribution in [0, 0.1) is 29.6 Å². The summed E-state index contributed by atoms with van der Waals surface area (Å²) in [6.07, 6.45) is 10.2. The summed E-state index contributed by atoms with van der Waals surface area (Å²) in [5, 5.41) is 8.97. The first-order valence-electron chi connectivity index (χ1n) is 7.59.